The van der Waals surface area contributed by atoms with Crippen LogP contribution in [0.4, 0.5) is 4.39 Å². The Kier molecular flexibility index (Phi) is 6.08. The lowest BCUT2D eigenvalue weighted by atomic mass is 10.1. The van der Waals surface area contributed by atoms with E-state index in [9.17, 15) is 9.18 Å². The van der Waals surface area contributed by atoms with Crippen molar-refractivity contribution in [2.24, 2.45) is 0 Å². The number of benzene rings is 1. The van der Waals surface area contributed by atoms with E-state index in [0.717, 1.165) is 5.56 Å². The van der Waals surface area contributed by atoms with Gasteiger partial charge >= 0.3 is 0 Å². The molecule has 0 saturated carbocycles. The van der Waals surface area contributed by atoms with Crippen molar-refractivity contribution in [1.82, 2.24) is 9.80 Å². The van der Waals surface area contributed by atoms with Gasteiger partial charge in [0.25, 0.3) is 0 Å². The van der Waals surface area contributed by atoms with E-state index in [-0.39, 0.29) is 23.9 Å². The Balaban J connectivity index is 1.98. The Labute approximate surface area is 136 Å². The number of nitrogens with zero attached hydrogens (tertiary/aromatic N) is 3. The number of halogens is 1. The zero-order valence-corrected chi connectivity index (χ0v) is 13.5. The molecule has 5 nitrogen and oxygen atoms in total. The van der Waals surface area contributed by atoms with Crippen molar-refractivity contribution < 1.29 is 13.9 Å². The molecule has 0 spiro atoms. The molecule has 0 aliphatic carbocycles. The second kappa shape index (κ2) is 8.04. The van der Waals surface area contributed by atoms with Gasteiger partial charge in [0.15, 0.2) is 0 Å². The minimum Gasteiger partial charge on any atom is -0.371 e. The number of hydrogen-bond acceptors (Lipinski definition) is 4. The van der Waals surface area contributed by atoms with Gasteiger partial charge in [-0.3, -0.25) is 9.69 Å². The number of ether oxygens (including phenoxy) is 1. The molecule has 2 atom stereocenters. The van der Waals surface area contributed by atoms with Gasteiger partial charge in [0.1, 0.15) is 5.82 Å². The first kappa shape index (κ1) is 17.4. The number of carbonyl (C=O) groups excluding carboxylic acids is 1. The molecule has 23 heavy (non-hydrogen) atoms. The lowest BCUT2D eigenvalue weighted by Crippen LogP contribution is -2.50. The zero-order valence-electron chi connectivity index (χ0n) is 13.5. The van der Waals surface area contributed by atoms with Crippen LogP contribution in [0.2, 0.25) is 0 Å². The third-order valence-corrected chi connectivity index (χ3v) is 4.18. The molecule has 1 heterocycles. The minimum atomic E-state index is -0.274. The average Bonchev–Trinajstić information content (AvgIpc) is 2.59. The first-order valence-electron chi connectivity index (χ1n) is 7.76. The number of rotatable bonds is 5. The monoisotopic (exact) mass is 319 g/mol. The Morgan fingerprint density at radius 1 is 1.52 bits per heavy atom. The molecule has 1 aliphatic heterocycles. The van der Waals surface area contributed by atoms with Crippen LogP contribution in [0.1, 0.15) is 25.0 Å². The summed E-state index contributed by atoms with van der Waals surface area (Å²) in [4.78, 5) is 16.1. The highest BCUT2D eigenvalue weighted by Gasteiger charge is 2.30. The van der Waals surface area contributed by atoms with Gasteiger partial charge in [0.05, 0.1) is 31.2 Å². The molecule has 0 N–H and O–H groups in total. The van der Waals surface area contributed by atoms with Gasteiger partial charge in [-0.2, -0.15) is 5.26 Å². The summed E-state index contributed by atoms with van der Waals surface area (Å²) in [5.74, 6) is -0.274. The molecule has 0 radical (unpaired) electrons. The highest BCUT2D eigenvalue weighted by molar-refractivity contribution is 5.81. The summed E-state index contributed by atoms with van der Waals surface area (Å²) >= 11 is 0. The fraction of sp³-hybridized carbons (Fsp3) is 0.529. The van der Waals surface area contributed by atoms with E-state index in [0.29, 0.717) is 32.7 Å². The van der Waals surface area contributed by atoms with Gasteiger partial charge in [-0.1, -0.05) is 12.1 Å². The summed E-state index contributed by atoms with van der Waals surface area (Å²) in [6.45, 7) is 4.10. The van der Waals surface area contributed by atoms with Crippen LogP contribution in [0.5, 0.6) is 0 Å². The van der Waals surface area contributed by atoms with Crippen molar-refractivity contribution in [2.75, 3.05) is 33.3 Å². The van der Waals surface area contributed by atoms with Crippen molar-refractivity contribution >= 4 is 5.91 Å². The second-order valence-electron chi connectivity index (χ2n) is 5.75. The number of carbonyl (C=O) groups is 1. The smallest absolute Gasteiger partial charge is 0.239 e. The zero-order chi connectivity index (χ0) is 16.8. The van der Waals surface area contributed by atoms with Crippen molar-refractivity contribution in [2.45, 2.75) is 25.5 Å². The van der Waals surface area contributed by atoms with Crippen LogP contribution in [-0.2, 0) is 9.53 Å². The van der Waals surface area contributed by atoms with Gasteiger partial charge in [0, 0.05) is 26.7 Å². The van der Waals surface area contributed by atoms with E-state index in [1.807, 2.05) is 13.0 Å². The van der Waals surface area contributed by atoms with Gasteiger partial charge in [0.2, 0.25) is 5.91 Å². The predicted octanol–water partition coefficient (Wildman–Crippen LogP) is 1.96. The van der Waals surface area contributed by atoms with E-state index < -0.39 is 0 Å². The van der Waals surface area contributed by atoms with Gasteiger partial charge in [-0.25, -0.2) is 4.39 Å². The predicted molar refractivity (Wildman–Crippen MR) is 84.0 cm³/mol. The highest BCUT2D eigenvalue weighted by Crippen LogP contribution is 2.24. The molecule has 1 amide bonds. The van der Waals surface area contributed by atoms with E-state index >= 15 is 0 Å². The van der Waals surface area contributed by atoms with Crippen molar-refractivity contribution in [1.29, 1.82) is 5.26 Å². The number of likely N-dealkylation sites (N-methyl/N-ethyl adjacent to an activating group) is 1. The van der Waals surface area contributed by atoms with E-state index in [1.54, 1.807) is 24.1 Å². The largest absolute Gasteiger partial charge is 0.371 e. The summed E-state index contributed by atoms with van der Waals surface area (Å²) in [5, 5.41) is 8.62. The van der Waals surface area contributed by atoms with E-state index in [1.165, 1.54) is 12.1 Å². The summed E-state index contributed by atoms with van der Waals surface area (Å²) < 4.78 is 18.8. The topological polar surface area (TPSA) is 56.6 Å². The molecular formula is C17H22FN3O2. The third-order valence-electron chi connectivity index (χ3n) is 4.18. The van der Waals surface area contributed by atoms with Crippen LogP contribution in [0.3, 0.4) is 0 Å². The number of nitriles is 1. The van der Waals surface area contributed by atoms with Crippen LogP contribution in [0.25, 0.3) is 0 Å². The molecule has 1 aromatic carbocycles. The Morgan fingerprint density at radius 3 is 2.87 bits per heavy atom. The van der Waals surface area contributed by atoms with Crippen molar-refractivity contribution in [3.05, 3.63) is 35.6 Å². The molecule has 124 valence electrons. The number of amides is 1. The van der Waals surface area contributed by atoms with Crippen LogP contribution < -0.4 is 0 Å². The average molecular weight is 319 g/mol. The summed E-state index contributed by atoms with van der Waals surface area (Å²) in [6.07, 6.45) is 0.167. The molecule has 1 fully saturated rings. The molecule has 1 saturated heterocycles. The molecule has 1 aliphatic rings. The normalized spacial score (nSPS) is 19.8. The summed E-state index contributed by atoms with van der Waals surface area (Å²) in [5.41, 5.74) is 0.911. The van der Waals surface area contributed by atoms with Crippen molar-refractivity contribution in [3.8, 4) is 6.07 Å². The van der Waals surface area contributed by atoms with Crippen LogP contribution in [0.15, 0.2) is 24.3 Å². The molecule has 0 unspecified atom stereocenters. The SMILES string of the molecule is C[C@H](C(=O)N(C)CCC#N)N1CCO[C@@H](c2ccc(F)cc2)C1. The highest BCUT2D eigenvalue weighted by atomic mass is 19.1. The van der Waals surface area contributed by atoms with E-state index in [4.69, 9.17) is 10.00 Å². The standard InChI is InChI=1S/C17H22FN3O2/c1-13(17(22)20(2)9-3-8-19)21-10-11-23-16(12-21)14-4-6-15(18)7-5-14/h4-7,13,16H,3,9-12H2,1-2H3/t13-,16-/m1/s1. The second-order valence-corrected chi connectivity index (χ2v) is 5.75. The van der Waals surface area contributed by atoms with Crippen LogP contribution in [-0.4, -0.2) is 55.0 Å². The fourth-order valence-corrected chi connectivity index (χ4v) is 2.70. The van der Waals surface area contributed by atoms with Gasteiger partial charge in [-0.15, -0.1) is 0 Å². The molecule has 6 heteroatoms. The van der Waals surface area contributed by atoms with Crippen LogP contribution in [0, 0.1) is 17.1 Å². The lowest BCUT2D eigenvalue weighted by Gasteiger charge is -2.37. The first-order chi connectivity index (χ1) is 11.0. The van der Waals surface area contributed by atoms with Gasteiger partial charge in [-0.05, 0) is 24.6 Å². The van der Waals surface area contributed by atoms with Gasteiger partial charge < -0.3 is 9.64 Å². The Hall–Kier alpha value is -1.97. The van der Waals surface area contributed by atoms with Crippen molar-refractivity contribution in [3.63, 3.8) is 0 Å². The quantitative estimate of drug-likeness (QED) is 0.832. The summed E-state index contributed by atoms with van der Waals surface area (Å²) in [7, 11) is 1.72. The maximum Gasteiger partial charge on any atom is 0.239 e. The maximum absolute atomic E-state index is 13.0. The number of hydrogen-bond donors (Lipinski definition) is 0. The molecule has 0 aromatic heterocycles. The molecular weight excluding hydrogens is 297 g/mol. The Morgan fingerprint density at radius 2 is 2.22 bits per heavy atom. The summed E-state index contributed by atoms with van der Waals surface area (Å²) in [6, 6.07) is 8.05. The first-order valence-corrected chi connectivity index (χ1v) is 7.76. The molecule has 0 bridgehead atoms. The Bertz CT molecular complexity index is 570. The number of morpholine rings is 1. The minimum absolute atomic E-state index is 0.00000567. The lowest BCUT2D eigenvalue weighted by molar-refractivity contribution is -0.138. The third kappa shape index (κ3) is 4.50. The fourth-order valence-electron chi connectivity index (χ4n) is 2.70. The molecule has 2 rings (SSSR count). The van der Waals surface area contributed by atoms with E-state index in [2.05, 4.69) is 4.90 Å². The van der Waals surface area contributed by atoms with Crippen LogP contribution >= 0.6 is 0 Å². The molecule has 1 aromatic rings. The maximum atomic E-state index is 13.0.